The molecule has 1 aliphatic rings. The molecule has 1 heterocycles. The molecule has 0 aromatic carbocycles. The number of piperidine rings is 1. The summed E-state index contributed by atoms with van der Waals surface area (Å²) in [5.41, 5.74) is -1.43. The van der Waals surface area contributed by atoms with E-state index in [1.807, 2.05) is 0 Å². The third-order valence-corrected chi connectivity index (χ3v) is 3.11. The number of aliphatic carboxylic acids is 2. The zero-order valence-corrected chi connectivity index (χ0v) is 10.5. The highest BCUT2D eigenvalue weighted by Gasteiger charge is 2.53. The molecule has 2 atom stereocenters. The Morgan fingerprint density at radius 1 is 1.47 bits per heavy atom. The lowest BCUT2D eigenvalue weighted by Crippen LogP contribution is -2.64. The quantitative estimate of drug-likeness (QED) is 0.736. The molecule has 0 saturated carbocycles. The number of carbonyl (C=O) groups excluding carboxylic acids is 1. The first kappa shape index (κ1) is 14.7. The number of hydrogen-bond donors (Lipinski definition) is 2. The van der Waals surface area contributed by atoms with Gasteiger partial charge in [-0.2, -0.15) is 0 Å². The van der Waals surface area contributed by atoms with Gasteiger partial charge >= 0.3 is 18.0 Å². The van der Waals surface area contributed by atoms with E-state index >= 15 is 0 Å². The summed E-state index contributed by atoms with van der Waals surface area (Å²) >= 11 is 0. The first-order chi connectivity index (χ1) is 8.80. The largest absolute Gasteiger partial charge is 0.480 e. The van der Waals surface area contributed by atoms with E-state index in [0.29, 0.717) is 10.5 Å². The van der Waals surface area contributed by atoms with Gasteiger partial charge in [0.1, 0.15) is 6.04 Å². The summed E-state index contributed by atoms with van der Waals surface area (Å²) in [7, 11) is 1.06. The maximum absolute atomic E-state index is 11.8. The highest BCUT2D eigenvalue weighted by molar-refractivity contribution is 5.91. The number of methoxy groups -OCH3 is 1. The van der Waals surface area contributed by atoms with Crippen LogP contribution in [0.2, 0.25) is 0 Å². The second-order valence-electron chi connectivity index (χ2n) is 4.26. The molecule has 0 aliphatic carbocycles. The first-order valence-corrected chi connectivity index (χ1v) is 5.44. The van der Waals surface area contributed by atoms with Gasteiger partial charge in [0.2, 0.25) is 0 Å². The van der Waals surface area contributed by atoms with Crippen LogP contribution in [0.1, 0.15) is 12.8 Å². The van der Waals surface area contributed by atoms with E-state index in [4.69, 9.17) is 5.11 Å². The van der Waals surface area contributed by atoms with Crippen LogP contribution in [-0.2, 0) is 14.3 Å². The second kappa shape index (κ2) is 5.13. The zero-order valence-electron chi connectivity index (χ0n) is 10.5. The molecule has 1 amide bonds. The van der Waals surface area contributed by atoms with Crippen molar-refractivity contribution in [3.05, 3.63) is 24.8 Å². The van der Waals surface area contributed by atoms with Gasteiger partial charge in [0.05, 0.1) is 7.11 Å². The second-order valence-corrected chi connectivity index (χ2v) is 4.26. The van der Waals surface area contributed by atoms with E-state index in [2.05, 4.69) is 17.9 Å². The van der Waals surface area contributed by atoms with Crippen LogP contribution in [0.25, 0.3) is 0 Å². The van der Waals surface area contributed by atoms with Crippen molar-refractivity contribution >= 4 is 18.0 Å². The summed E-state index contributed by atoms with van der Waals surface area (Å²) in [6.07, 6.45) is -0.105. The van der Waals surface area contributed by atoms with Crippen molar-refractivity contribution in [1.29, 1.82) is 0 Å². The van der Waals surface area contributed by atoms with E-state index < -0.39 is 29.6 Å². The maximum Gasteiger partial charge on any atom is 0.411 e. The van der Waals surface area contributed by atoms with Gasteiger partial charge in [0.15, 0.2) is 5.54 Å². The molecule has 2 unspecified atom stereocenters. The highest BCUT2D eigenvalue weighted by Crippen LogP contribution is 2.36. The number of likely N-dealkylation sites (tertiary alicyclic amines) is 1. The number of amides is 1. The van der Waals surface area contributed by atoms with Crippen molar-refractivity contribution in [2.45, 2.75) is 24.4 Å². The predicted molar refractivity (Wildman–Crippen MR) is 64.6 cm³/mol. The Kier molecular flexibility index (Phi) is 3.98. The molecule has 0 aromatic heterocycles. The fourth-order valence-corrected chi connectivity index (χ4v) is 2.20. The molecule has 7 heteroatoms. The Hall–Kier alpha value is -2.31. The number of carboxylic acids is 2. The minimum absolute atomic E-state index is 0.0205. The van der Waals surface area contributed by atoms with Gasteiger partial charge in [0, 0.05) is 6.42 Å². The average Bonchev–Trinajstić information content (AvgIpc) is 2.36. The van der Waals surface area contributed by atoms with E-state index in [0.717, 1.165) is 13.2 Å². The third kappa shape index (κ3) is 2.31. The van der Waals surface area contributed by atoms with E-state index in [-0.39, 0.29) is 12.8 Å². The Morgan fingerprint density at radius 2 is 2.05 bits per heavy atom. The van der Waals surface area contributed by atoms with E-state index in [9.17, 15) is 19.5 Å². The van der Waals surface area contributed by atoms with Gasteiger partial charge in [0.25, 0.3) is 0 Å². The van der Waals surface area contributed by atoms with Gasteiger partial charge in [-0.3, -0.25) is 4.90 Å². The van der Waals surface area contributed by atoms with Crippen molar-refractivity contribution in [3.63, 3.8) is 0 Å². The molecule has 19 heavy (non-hydrogen) atoms. The molecule has 104 valence electrons. The van der Waals surface area contributed by atoms with Crippen molar-refractivity contribution in [1.82, 2.24) is 4.90 Å². The molecule has 1 saturated heterocycles. The Labute approximate surface area is 109 Å². The van der Waals surface area contributed by atoms with Gasteiger partial charge in [-0.15, -0.1) is 6.58 Å². The maximum atomic E-state index is 11.8. The summed E-state index contributed by atoms with van der Waals surface area (Å²) in [6, 6.07) is -1.34. The van der Waals surface area contributed by atoms with Gasteiger partial charge in [-0.1, -0.05) is 18.2 Å². The Morgan fingerprint density at radius 3 is 2.42 bits per heavy atom. The number of hydrogen-bond acceptors (Lipinski definition) is 4. The lowest BCUT2D eigenvalue weighted by molar-refractivity contribution is -0.155. The Balaban J connectivity index is 3.42. The van der Waals surface area contributed by atoms with Crippen LogP contribution in [0.15, 0.2) is 24.8 Å². The molecular weight excluding hydrogens is 254 g/mol. The monoisotopic (exact) mass is 269 g/mol. The van der Waals surface area contributed by atoms with Crippen LogP contribution < -0.4 is 0 Å². The van der Waals surface area contributed by atoms with Crippen molar-refractivity contribution < 1.29 is 29.3 Å². The fourth-order valence-electron chi connectivity index (χ4n) is 2.20. The smallest absolute Gasteiger partial charge is 0.411 e. The Bertz CT molecular complexity index is 457. The molecule has 0 bridgehead atoms. The number of carbonyl (C=O) groups is 3. The summed E-state index contributed by atoms with van der Waals surface area (Å²) in [6.45, 7) is 7.05. The zero-order chi connectivity index (χ0) is 14.8. The standard InChI is InChI=1S/C12H15NO6/c1-4-12(10(16)17)6-7(2)5-8(9(14)15)13(12)11(18)19-3/h4,8H,1-2,5-6H2,3H3,(H,14,15)(H,16,17). The molecule has 1 aliphatic heterocycles. The molecule has 0 spiro atoms. The molecule has 1 rings (SSSR count). The highest BCUT2D eigenvalue weighted by atomic mass is 16.5. The minimum atomic E-state index is -1.86. The lowest BCUT2D eigenvalue weighted by atomic mass is 9.81. The van der Waals surface area contributed by atoms with Crippen LogP contribution >= 0.6 is 0 Å². The third-order valence-electron chi connectivity index (χ3n) is 3.11. The molecular formula is C12H15NO6. The van der Waals surface area contributed by atoms with Crippen LogP contribution in [0, 0.1) is 0 Å². The van der Waals surface area contributed by atoms with Gasteiger partial charge in [-0.25, -0.2) is 14.4 Å². The summed E-state index contributed by atoms with van der Waals surface area (Å²) in [5, 5.41) is 18.5. The van der Waals surface area contributed by atoms with Crippen LogP contribution in [0.4, 0.5) is 4.79 Å². The van der Waals surface area contributed by atoms with Crippen molar-refractivity contribution in [2.75, 3.05) is 7.11 Å². The van der Waals surface area contributed by atoms with Crippen LogP contribution in [0.3, 0.4) is 0 Å². The fraction of sp³-hybridized carbons (Fsp3) is 0.417. The molecule has 7 nitrogen and oxygen atoms in total. The molecule has 2 N–H and O–H groups in total. The van der Waals surface area contributed by atoms with E-state index in [1.54, 1.807) is 0 Å². The number of ether oxygens (including phenoxy) is 1. The summed E-state index contributed by atoms with van der Waals surface area (Å²) in [4.78, 5) is 35.2. The van der Waals surface area contributed by atoms with Crippen molar-refractivity contribution in [2.24, 2.45) is 0 Å². The lowest BCUT2D eigenvalue weighted by Gasteiger charge is -2.45. The van der Waals surface area contributed by atoms with Crippen molar-refractivity contribution in [3.8, 4) is 0 Å². The molecule has 1 fully saturated rings. The average molecular weight is 269 g/mol. The number of rotatable bonds is 3. The number of carboxylic acid groups (broad SMARTS) is 2. The topological polar surface area (TPSA) is 104 Å². The number of nitrogens with zero attached hydrogens (tertiary/aromatic N) is 1. The first-order valence-electron chi connectivity index (χ1n) is 5.44. The summed E-state index contributed by atoms with van der Waals surface area (Å²) in [5.74, 6) is -2.70. The van der Waals surface area contributed by atoms with Gasteiger partial charge < -0.3 is 14.9 Å². The van der Waals surface area contributed by atoms with Crippen LogP contribution in [0.5, 0.6) is 0 Å². The molecule has 0 radical (unpaired) electrons. The van der Waals surface area contributed by atoms with Crippen LogP contribution in [-0.4, -0.2) is 51.8 Å². The minimum Gasteiger partial charge on any atom is -0.480 e. The molecule has 0 aromatic rings. The van der Waals surface area contributed by atoms with E-state index in [1.165, 1.54) is 0 Å². The predicted octanol–water partition coefficient (Wildman–Crippen LogP) is 0.867. The SMILES string of the molecule is C=CC1(C(=O)O)CC(=C)CC(C(=O)O)N1C(=O)OC. The summed E-state index contributed by atoms with van der Waals surface area (Å²) < 4.78 is 4.50. The normalized spacial score (nSPS) is 26.7. The van der Waals surface area contributed by atoms with Gasteiger partial charge in [-0.05, 0) is 6.42 Å².